The monoisotopic (exact) mass is 244 g/mol. The average molecular weight is 244 g/mol. The van der Waals surface area contributed by atoms with E-state index in [0.29, 0.717) is 32.4 Å². The Labute approximate surface area is 101 Å². The maximum absolute atomic E-state index is 11.9. The predicted octanol–water partition coefficient (Wildman–Crippen LogP) is -0.879. The second-order valence-electron chi connectivity index (χ2n) is 4.29. The lowest BCUT2D eigenvalue weighted by Crippen LogP contribution is -2.42. The highest BCUT2D eigenvalue weighted by atomic mass is 16.5. The molecule has 2 N–H and O–H groups in total. The zero-order valence-corrected chi connectivity index (χ0v) is 10.3. The lowest BCUT2D eigenvalue weighted by Gasteiger charge is -2.20. The minimum Gasteiger partial charge on any atom is -0.469 e. The molecule has 1 fully saturated rings. The number of hydrogen-bond donors (Lipinski definition) is 2. The van der Waals surface area contributed by atoms with E-state index in [-0.39, 0.29) is 17.9 Å². The van der Waals surface area contributed by atoms with Gasteiger partial charge in [0.2, 0.25) is 5.91 Å². The van der Waals surface area contributed by atoms with Gasteiger partial charge in [-0.2, -0.15) is 0 Å². The first-order valence-electron chi connectivity index (χ1n) is 5.78. The molecule has 2 unspecified atom stereocenters. The van der Waals surface area contributed by atoms with Crippen molar-refractivity contribution in [3.63, 3.8) is 0 Å². The molecular formula is C11H20N2O4. The van der Waals surface area contributed by atoms with E-state index in [1.807, 2.05) is 0 Å². The maximum Gasteiger partial charge on any atom is 0.305 e. The molecule has 1 heterocycles. The molecule has 0 saturated carbocycles. The van der Waals surface area contributed by atoms with Gasteiger partial charge in [0.05, 0.1) is 19.3 Å². The number of esters is 1. The van der Waals surface area contributed by atoms with E-state index in [2.05, 4.69) is 10.1 Å². The van der Waals surface area contributed by atoms with Crippen LogP contribution in [0, 0.1) is 0 Å². The summed E-state index contributed by atoms with van der Waals surface area (Å²) in [5.41, 5.74) is 0. The number of hydrogen-bond acceptors (Lipinski definition) is 5. The Morgan fingerprint density at radius 3 is 2.76 bits per heavy atom. The molecule has 0 aromatic carbocycles. The standard InChI is InChI=1S/C11H20N2O4/c1-13(5-3-4-10(15)17-2)11(16)9-6-8(14)7-12-9/h8-9,12,14H,3-7H2,1-2H3. The molecule has 17 heavy (non-hydrogen) atoms. The molecule has 0 aliphatic carbocycles. The molecule has 1 aliphatic rings. The van der Waals surface area contributed by atoms with Crippen molar-refractivity contribution in [1.82, 2.24) is 10.2 Å². The highest BCUT2D eigenvalue weighted by Gasteiger charge is 2.29. The molecular weight excluding hydrogens is 224 g/mol. The van der Waals surface area contributed by atoms with Gasteiger partial charge in [0.15, 0.2) is 0 Å². The second-order valence-corrected chi connectivity index (χ2v) is 4.29. The number of rotatable bonds is 5. The summed E-state index contributed by atoms with van der Waals surface area (Å²) in [6, 6.07) is -0.298. The van der Waals surface area contributed by atoms with Gasteiger partial charge in [0.1, 0.15) is 0 Å². The first-order chi connectivity index (χ1) is 8.04. The number of likely N-dealkylation sites (N-methyl/N-ethyl adjacent to an activating group) is 1. The van der Waals surface area contributed by atoms with Crippen molar-refractivity contribution in [1.29, 1.82) is 0 Å². The molecule has 1 rings (SSSR count). The first-order valence-corrected chi connectivity index (χ1v) is 5.78. The number of ether oxygens (including phenoxy) is 1. The van der Waals surface area contributed by atoms with Gasteiger partial charge in [-0.25, -0.2) is 0 Å². The Bertz CT molecular complexity index is 283. The Hall–Kier alpha value is -1.14. The third-order valence-electron chi connectivity index (χ3n) is 2.88. The highest BCUT2D eigenvalue weighted by Crippen LogP contribution is 2.09. The Morgan fingerprint density at radius 2 is 2.24 bits per heavy atom. The van der Waals surface area contributed by atoms with Crippen molar-refractivity contribution in [3.05, 3.63) is 0 Å². The number of nitrogens with one attached hydrogen (secondary N) is 1. The summed E-state index contributed by atoms with van der Waals surface area (Å²) in [4.78, 5) is 24.3. The Balaban J connectivity index is 2.25. The van der Waals surface area contributed by atoms with Gasteiger partial charge < -0.3 is 20.1 Å². The summed E-state index contributed by atoms with van der Waals surface area (Å²) in [6.45, 7) is 0.981. The van der Waals surface area contributed by atoms with Gasteiger partial charge in [-0.05, 0) is 12.8 Å². The normalized spacial score (nSPS) is 23.5. The van der Waals surface area contributed by atoms with Crippen molar-refractivity contribution in [3.8, 4) is 0 Å². The number of aliphatic hydroxyl groups excluding tert-OH is 1. The third-order valence-corrected chi connectivity index (χ3v) is 2.88. The third kappa shape index (κ3) is 4.32. The minimum absolute atomic E-state index is 0.0357. The number of amides is 1. The highest BCUT2D eigenvalue weighted by molar-refractivity contribution is 5.82. The van der Waals surface area contributed by atoms with Crippen LogP contribution in [0.4, 0.5) is 0 Å². The van der Waals surface area contributed by atoms with Gasteiger partial charge in [-0.3, -0.25) is 9.59 Å². The number of β-amino-alcohol motifs (C(OH)–C–C–N with tert-alkyl or cyclic N) is 1. The van der Waals surface area contributed by atoms with Gasteiger partial charge in [-0.15, -0.1) is 0 Å². The number of carbonyl (C=O) groups is 2. The summed E-state index contributed by atoms with van der Waals surface area (Å²) in [7, 11) is 3.05. The molecule has 2 atom stereocenters. The van der Waals surface area contributed by atoms with E-state index in [1.54, 1.807) is 11.9 Å². The maximum atomic E-state index is 11.9. The Morgan fingerprint density at radius 1 is 1.53 bits per heavy atom. The predicted molar refractivity (Wildman–Crippen MR) is 61.3 cm³/mol. The number of methoxy groups -OCH3 is 1. The van der Waals surface area contributed by atoms with Crippen LogP contribution in [0.1, 0.15) is 19.3 Å². The van der Waals surface area contributed by atoms with E-state index in [4.69, 9.17) is 0 Å². The van der Waals surface area contributed by atoms with Crippen LogP contribution in [0.5, 0.6) is 0 Å². The Kier molecular flexibility index (Phi) is 5.37. The number of carbonyl (C=O) groups excluding carboxylic acids is 2. The smallest absolute Gasteiger partial charge is 0.305 e. The van der Waals surface area contributed by atoms with Crippen molar-refractivity contribution in [2.24, 2.45) is 0 Å². The van der Waals surface area contributed by atoms with Crippen molar-refractivity contribution in [2.45, 2.75) is 31.4 Å². The molecule has 6 heteroatoms. The molecule has 0 spiro atoms. The first kappa shape index (κ1) is 13.9. The molecule has 0 radical (unpaired) electrons. The van der Waals surface area contributed by atoms with Crippen LogP contribution < -0.4 is 5.32 Å². The SMILES string of the molecule is COC(=O)CCCN(C)C(=O)C1CC(O)CN1. The topological polar surface area (TPSA) is 78.9 Å². The fourth-order valence-corrected chi connectivity index (χ4v) is 1.84. The van der Waals surface area contributed by atoms with Crippen molar-refractivity contribution < 1.29 is 19.4 Å². The molecule has 98 valence electrons. The fourth-order valence-electron chi connectivity index (χ4n) is 1.84. The van der Waals surface area contributed by atoms with Crippen molar-refractivity contribution in [2.75, 3.05) is 27.2 Å². The summed E-state index contributed by atoms with van der Waals surface area (Å²) < 4.78 is 4.52. The quantitative estimate of drug-likeness (QED) is 0.614. The molecule has 0 bridgehead atoms. The lowest BCUT2D eigenvalue weighted by molar-refractivity contribution is -0.141. The average Bonchev–Trinajstić information content (AvgIpc) is 2.74. The van der Waals surface area contributed by atoms with Crippen LogP contribution in [-0.2, 0) is 14.3 Å². The van der Waals surface area contributed by atoms with E-state index in [9.17, 15) is 14.7 Å². The van der Waals surface area contributed by atoms with Gasteiger partial charge >= 0.3 is 5.97 Å². The van der Waals surface area contributed by atoms with Crippen LogP contribution >= 0.6 is 0 Å². The van der Waals surface area contributed by atoms with Crippen LogP contribution in [0.3, 0.4) is 0 Å². The zero-order valence-electron chi connectivity index (χ0n) is 10.3. The summed E-state index contributed by atoms with van der Waals surface area (Å²) in [6.07, 6.45) is 0.923. The fraction of sp³-hybridized carbons (Fsp3) is 0.818. The summed E-state index contributed by atoms with van der Waals surface area (Å²) in [5, 5.41) is 12.3. The van der Waals surface area contributed by atoms with E-state index in [1.165, 1.54) is 7.11 Å². The molecule has 0 aromatic rings. The van der Waals surface area contributed by atoms with Crippen molar-refractivity contribution >= 4 is 11.9 Å². The van der Waals surface area contributed by atoms with Gasteiger partial charge in [-0.1, -0.05) is 0 Å². The minimum atomic E-state index is -0.438. The second kappa shape index (κ2) is 6.56. The van der Waals surface area contributed by atoms with E-state index in [0.717, 1.165) is 0 Å². The summed E-state index contributed by atoms with van der Waals surface area (Å²) in [5.74, 6) is -0.299. The molecule has 1 amide bonds. The molecule has 0 aromatic heterocycles. The van der Waals surface area contributed by atoms with E-state index < -0.39 is 6.10 Å². The number of aliphatic hydroxyl groups is 1. The van der Waals surface area contributed by atoms with Crippen LogP contribution in [0.2, 0.25) is 0 Å². The van der Waals surface area contributed by atoms with E-state index >= 15 is 0 Å². The van der Waals surface area contributed by atoms with Crippen LogP contribution in [0.25, 0.3) is 0 Å². The summed E-state index contributed by atoms with van der Waals surface area (Å²) >= 11 is 0. The van der Waals surface area contributed by atoms with Crippen LogP contribution in [0.15, 0.2) is 0 Å². The largest absolute Gasteiger partial charge is 0.469 e. The van der Waals surface area contributed by atoms with Crippen LogP contribution in [-0.4, -0.2) is 61.3 Å². The van der Waals surface area contributed by atoms with Gasteiger partial charge in [0, 0.05) is 26.6 Å². The zero-order chi connectivity index (χ0) is 12.8. The lowest BCUT2D eigenvalue weighted by atomic mass is 10.2. The molecule has 6 nitrogen and oxygen atoms in total. The van der Waals surface area contributed by atoms with Gasteiger partial charge in [0.25, 0.3) is 0 Å². The molecule has 1 aliphatic heterocycles. The number of nitrogens with zero attached hydrogens (tertiary/aromatic N) is 1. The molecule has 1 saturated heterocycles.